The van der Waals surface area contributed by atoms with E-state index in [-0.39, 0.29) is 5.91 Å². The molecule has 2 aromatic heterocycles. The van der Waals surface area contributed by atoms with Gasteiger partial charge in [-0.15, -0.1) is 11.3 Å². The summed E-state index contributed by atoms with van der Waals surface area (Å²) in [5, 5.41) is 3.03. The number of carbonyl (C=O) groups is 1. The van der Waals surface area contributed by atoms with Crippen LogP contribution in [0.4, 0.5) is 0 Å². The first-order valence-corrected chi connectivity index (χ1v) is 14.3. The number of aromatic nitrogens is 2. The smallest absolute Gasteiger partial charge is 0.227 e. The molecule has 1 amide bonds. The second-order valence-electron chi connectivity index (χ2n) is 10.2. The summed E-state index contributed by atoms with van der Waals surface area (Å²) in [4.78, 5) is 25.1. The highest BCUT2D eigenvalue weighted by Crippen LogP contribution is 2.42. The number of nitrogens with zero attached hydrogens (tertiary/aromatic N) is 2. The minimum Gasteiger partial charge on any atom is -0.358 e. The standard InChI is InChI=1S/C32H30ClN3OS/c1-20-7-9-23(10-8-20)31-30(22-11-13-25(33)14-12-22)35-32(38-31)24-15-17-36(18-16-24)29(37)19-27-21(2)34-28-6-4-3-5-26(27)28/h3-14,24,34H,15-19H2,1-2H3. The number of piperidine rings is 1. The molecule has 5 aromatic rings. The minimum absolute atomic E-state index is 0.206. The topological polar surface area (TPSA) is 49.0 Å². The zero-order valence-corrected chi connectivity index (χ0v) is 23.2. The number of likely N-dealkylation sites (tertiary alicyclic amines) is 1. The van der Waals surface area contributed by atoms with Gasteiger partial charge >= 0.3 is 0 Å². The molecule has 1 aliphatic rings. The Kier molecular flexibility index (Phi) is 6.81. The van der Waals surface area contributed by atoms with Crippen molar-refractivity contribution in [3.63, 3.8) is 0 Å². The summed E-state index contributed by atoms with van der Waals surface area (Å²) in [6.07, 6.45) is 2.30. The SMILES string of the molecule is Cc1ccc(-c2sc(C3CCN(C(=O)Cc4c(C)[nH]c5ccccc45)CC3)nc2-c2ccc(Cl)cc2)cc1. The van der Waals surface area contributed by atoms with Crippen LogP contribution in [0, 0.1) is 13.8 Å². The lowest BCUT2D eigenvalue weighted by atomic mass is 9.96. The maximum atomic E-state index is 13.3. The van der Waals surface area contributed by atoms with Crippen LogP contribution in [0.1, 0.15) is 40.6 Å². The summed E-state index contributed by atoms with van der Waals surface area (Å²) in [5.74, 6) is 0.557. The summed E-state index contributed by atoms with van der Waals surface area (Å²) in [6, 6.07) is 24.8. The molecular weight excluding hydrogens is 510 g/mol. The van der Waals surface area contributed by atoms with Gasteiger partial charge in [0, 0.05) is 46.2 Å². The van der Waals surface area contributed by atoms with Gasteiger partial charge in [-0.25, -0.2) is 4.98 Å². The summed E-state index contributed by atoms with van der Waals surface area (Å²) >= 11 is 7.96. The van der Waals surface area contributed by atoms with Gasteiger partial charge in [-0.05, 0) is 56.0 Å². The zero-order valence-electron chi connectivity index (χ0n) is 21.6. The molecule has 0 saturated carbocycles. The molecule has 0 bridgehead atoms. The van der Waals surface area contributed by atoms with E-state index in [1.807, 2.05) is 41.3 Å². The zero-order chi connectivity index (χ0) is 26.2. The molecule has 0 spiro atoms. The first-order valence-electron chi connectivity index (χ1n) is 13.1. The van der Waals surface area contributed by atoms with E-state index in [9.17, 15) is 4.79 Å². The van der Waals surface area contributed by atoms with Gasteiger partial charge in [0.15, 0.2) is 0 Å². The predicted octanol–water partition coefficient (Wildman–Crippen LogP) is 8.18. The van der Waals surface area contributed by atoms with Crippen molar-refractivity contribution in [1.82, 2.24) is 14.9 Å². The Bertz CT molecular complexity index is 1530. The number of amides is 1. The van der Waals surface area contributed by atoms with Crippen LogP contribution < -0.4 is 0 Å². The Morgan fingerprint density at radius 1 is 0.974 bits per heavy atom. The molecule has 0 atom stereocenters. The maximum absolute atomic E-state index is 13.3. The van der Waals surface area contributed by atoms with Crippen molar-refractivity contribution in [2.75, 3.05) is 13.1 Å². The molecule has 1 fully saturated rings. The van der Waals surface area contributed by atoms with Crippen LogP contribution in [0.5, 0.6) is 0 Å². The van der Waals surface area contributed by atoms with E-state index in [0.29, 0.717) is 12.3 Å². The number of carbonyl (C=O) groups excluding carboxylic acids is 1. The van der Waals surface area contributed by atoms with Gasteiger partial charge in [-0.2, -0.15) is 0 Å². The molecule has 3 aromatic carbocycles. The Morgan fingerprint density at radius 3 is 2.39 bits per heavy atom. The monoisotopic (exact) mass is 539 g/mol. The summed E-state index contributed by atoms with van der Waals surface area (Å²) in [5.41, 5.74) is 7.81. The number of thiazole rings is 1. The molecular formula is C32H30ClN3OS. The fraction of sp³-hybridized carbons (Fsp3) is 0.250. The highest BCUT2D eigenvalue weighted by atomic mass is 35.5. The van der Waals surface area contributed by atoms with E-state index in [1.54, 1.807) is 11.3 Å². The number of aromatic amines is 1. The van der Waals surface area contributed by atoms with Gasteiger partial charge in [-0.3, -0.25) is 4.79 Å². The third kappa shape index (κ3) is 4.89. The van der Waals surface area contributed by atoms with E-state index in [1.165, 1.54) is 16.0 Å². The molecule has 0 radical (unpaired) electrons. The number of aryl methyl sites for hydroxylation is 2. The predicted molar refractivity (Wildman–Crippen MR) is 158 cm³/mol. The maximum Gasteiger partial charge on any atom is 0.227 e. The van der Waals surface area contributed by atoms with Crippen molar-refractivity contribution in [1.29, 1.82) is 0 Å². The van der Waals surface area contributed by atoms with Crippen LogP contribution in [-0.4, -0.2) is 33.9 Å². The molecule has 1 saturated heterocycles. The van der Waals surface area contributed by atoms with E-state index in [2.05, 4.69) is 55.2 Å². The van der Waals surface area contributed by atoms with Gasteiger partial charge in [0.2, 0.25) is 5.91 Å². The molecule has 4 nitrogen and oxygen atoms in total. The summed E-state index contributed by atoms with van der Waals surface area (Å²) < 4.78 is 0. The molecule has 1 aliphatic heterocycles. The molecule has 6 rings (SSSR count). The quantitative estimate of drug-likeness (QED) is 0.245. The average molecular weight is 540 g/mol. The number of benzene rings is 3. The third-order valence-electron chi connectivity index (χ3n) is 7.63. The fourth-order valence-corrected chi connectivity index (χ4v) is 6.81. The number of hydrogen-bond acceptors (Lipinski definition) is 3. The molecule has 38 heavy (non-hydrogen) atoms. The van der Waals surface area contributed by atoms with Crippen LogP contribution >= 0.6 is 22.9 Å². The summed E-state index contributed by atoms with van der Waals surface area (Å²) in [7, 11) is 0. The van der Waals surface area contributed by atoms with Gasteiger partial charge in [0.25, 0.3) is 0 Å². The lowest BCUT2D eigenvalue weighted by Gasteiger charge is -2.31. The minimum atomic E-state index is 0.206. The van der Waals surface area contributed by atoms with Crippen molar-refractivity contribution in [3.8, 4) is 21.7 Å². The second kappa shape index (κ2) is 10.4. The van der Waals surface area contributed by atoms with Crippen LogP contribution in [-0.2, 0) is 11.2 Å². The van der Waals surface area contributed by atoms with Crippen molar-refractivity contribution in [2.24, 2.45) is 0 Å². The first-order chi connectivity index (χ1) is 18.5. The lowest BCUT2D eigenvalue weighted by Crippen LogP contribution is -2.38. The molecule has 3 heterocycles. The molecule has 192 valence electrons. The van der Waals surface area contributed by atoms with Crippen LogP contribution in [0.25, 0.3) is 32.6 Å². The second-order valence-corrected chi connectivity index (χ2v) is 11.7. The average Bonchev–Trinajstić information content (AvgIpc) is 3.51. The number of H-pyrrole nitrogens is 1. The van der Waals surface area contributed by atoms with Crippen molar-refractivity contribution in [2.45, 2.75) is 39.0 Å². The normalized spacial score (nSPS) is 14.3. The Labute approximate surface area is 232 Å². The van der Waals surface area contributed by atoms with E-state index in [0.717, 1.165) is 69.4 Å². The number of fused-ring (bicyclic) bond motifs is 1. The Morgan fingerprint density at radius 2 is 1.66 bits per heavy atom. The molecule has 1 N–H and O–H groups in total. The van der Waals surface area contributed by atoms with Gasteiger partial charge in [0.1, 0.15) is 0 Å². The van der Waals surface area contributed by atoms with E-state index < -0.39 is 0 Å². The van der Waals surface area contributed by atoms with Crippen LogP contribution in [0.15, 0.2) is 72.8 Å². The van der Waals surface area contributed by atoms with Gasteiger partial charge < -0.3 is 9.88 Å². The highest BCUT2D eigenvalue weighted by molar-refractivity contribution is 7.15. The summed E-state index contributed by atoms with van der Waals surface area (Å²) in [6.45, 7) is 5.69. The molecule has 0 unspecified atom stereocenters. The number of halogens is 1. The van der Waals surface area contributed by atoms with Crippen molar-refractivity contribution >= 4 is 39.7 Å². The van der Waals surface area contributed by atoms with Crippen LogP contribution in [0.3, 0.4) is 0 Å². The van der Waals surface area contributed by atoms with Gasteiger partial charge in [-0.1, -0.05) is 71.8 Å². The van der Waals surface area contributed by atoms with Crippen molar-refractivity contribution < 1.29 is 4.79 Å². The number of rotatable bonds is 5. The largest absolute Gasteiger partial charge is 0.358 e. The van der Waals surface area contributed by atoms with Crippen molar-refractivity contribution in [3.05, 3.63) is 99.6 Å². The van der Waals surface area contributed by atoms with Gasteiger partial charge in [0.05, 0.1) is 22.0 Å². The first kappa shape index (κ1) is 24.9. The Hall–Kier alpha value is -3.41. The number of para-hydroxylation sites is 1. The highest BCUT2D eigenvalue weighted by Gasteiger charge is 2.28. The van der Waals surface area contributed by atoms with E-state index >= 15 is 0 Å². The lowest BCUT2D eigenvalue weighted by molar-refractivity contribution is -0.131. The number of nitrogens with one attached hydrogen (secondary N) is 1. The fourth-order valence-electron chi connectivity index (χ4n) is 5.42. The number of hydrogen-bond donors (Lipinski definition) is 1. The van der Waals surface area contributed by atoms with Crippen LogP contribution in [0.2, 0.25) is 5.02 Å². The molecule has 6 heteroatoms. The molecule has 0 aliphatic carbocycles. The third-order valence-corrected chi connectivity index (χ3v) is 9.15. The van der Waals surface area contributed by atoms with E-state index in [4.69, 9.17) is 16.6 Å². The Balaban J connectivity index is 1.21.